The summed E-state index contributed by atoms with van der Waals surface area (Å²) in [4.78, 5) is 0. The van der Waals surface area contributed by atoms with E-state index < -0.39 is 13.9 Å². The third-order valence-electron chi connectivity index (χ3n) is 9.47. The molecule has 0 radical (unpaired) electrons. The fraction of sp³-hybridized carbons (Fsp3) is 0.286. The second-order valence-corrected chi connectivity index (χ2v) is 17.5. The summed E-state index contributed by atoms with van der Waals surface area (Å²) >= 11 is 0. The highest BCUT2D eigenvalue weighted by Crippen LogP contribution is 2.45. The summed E-state index contributed by atoms with van der Waals surface area (Å²) in [7, 11) is -0.398. The lowest BCUT2D eigenvalue weighted by atomic mass is 9.85. The van der Waals surface area contributed by atoms with Crippen LogP contribution in [0.2, 0.25) is 18.1 Å². The van der Waals surface area contributed by atoms with Crippen molar-refractivity contribution < 1.29 is 13.9 Å². The predicted molar refractivity (Wildman–Crippen MR) is 194 cm³/mol. The van der Waals surface area contributed by atoms with E-state index in [9.17, 15) is 0 Å². The summed E-state index contributed by atoms with van der Waals surface area (Å²) in [6.45, 7) is 14.6. The average Bonchev–Trinajstić information content (AvgIpc) is 3.08. The van der Waals surface area contributed by atoms with Crippen LogP contribution in [0.1, 0.15) is 55.5 Å². The monoisotopic (exact) mass is 626 g/mol. The predicted octanol–water partition coefficient (Wildman–Crippen LogP) is 10.0. The number of terminal acetylenes is 1. The summed E-state index contributed by atoms with van der Waals surface area (Å²) in [6, 6.07) is 36.5. The Bertz CT molecular complexity index is 1660. The highest BCUT2D eigenvalue weighted by molar-refractivity contribution is 6.74. The third-order valence-corrected chi connectivity index (χ3v) is 14.0. The molecule has 46 heavy (non-hydrogen) atoms. The third kappa shape index (κ3) is 7.90. The number of ether oxygens (including phenoxy) is 2. The molecule has 236 valence electrons. The van der Waals surface area contributed by atoms with Gasteiger partial charge in [0.15, 0.2) is 13.9 Å². The lowest BCUT2D eigenvalue weighted by molar-refractivity contribution is 0.0135. The number of allylic oxidation sites excluding steroid dienone is 2. The molecule has 3 nitrogen and oxygen atoms in total. The first-order chi connectivity index (χ1) is 22.0. The smallest absolute Gasteiger partial charge is 0.193 e. The Morgan fingerprint density at radius 3 is 1.91 bits per heavy atom. The Hall–Kier alpha value is -4.32. The SMILES string of the molecule is C#C/C=C(\C#CC(OCc1ccc(OC)cc1)(c1ccccc1)c1ccccc1)c1ccccc1CO[Si](C)(C)C(C)(C)C(C)C. The standard InChI is InChI=1S/C42H46O3Si/c1-9-18-35(40-24-17-16-19-36(40)32-45-46(7,8)41(4,5)33(2)3)29-30-42(37-20-12-10-13-21-37,38-22-14-11-15-23-38)44-31-34-25-27-39(43-6)28-26-34/h1,10-28,33H,31-32H2,2-8H3/b35-18+. The first kappa shape index (κ1) is 34.5. The van der Waals surface area contributed by atoms with E-state index in [0.29, 0.717) is 19.1 Å². The molecule has 4 rings (SSSR count). The average molecular weight is 627 g/mol. The second-order valence-electron chi connectivity index (χ2n) is 12.9. The molecule has 4 heteroatoms. The maximum absolute atomic E-state index is 6.90. The van der Waals surface area contributed by atoms with E-state index in [0.717, 1.165) is 39.1 Å². The van der Waals surface area contributed by atoms with Crippen molar-refractivity contribution in [1.82, 2.24) is 0 Å². The van der Waals surface area contributed by atoms with Crippen LogP contribution < -0.4 is 4.74 Å². The van der Waals surface area contributed by atoms with Gasteiger partial charge in [-0.25, -0.2) is 0 Å². The van der Waals surface area contributed by atoms with Gasteiger partial charge in [-0.05, 0) is 52.9 Å². The van der Waals surface area contributed by atoms with Gasteiger partial charge in [-0.2, -0.15) is 0 Å². The zero-order valence-corrected chi connectivity index (χ0v) is 29.3. The van der Waals surface area contributed by atoms with Gasteiger partial charge >= 0.3 is 0 Å². The molecule has 0 unspecified atom stereocenters. The molecule has 0 aliphatic carbocycles. The van der Waals surface area contributed by atoms with Crippen molar-refractivity contribution in [3.63, 3.8) is 0 Å². The van der Waals surface area contributed by atoms with Gasteiger partial charge in [0, 0.05) is 22.8 Å². The van der Waals surface area contributed by atoms with Gasteiger partial charge in [0.1, 0.15) is 5.75 Å². The van der Waals surface area contributed by atoms with Crippen molar-refractivity contribution in [2.24, 2.45) is 5.92 Å². The summed E-state index contributed by atoms with van der Waals surface area (Å²) in [5.41, 5.74) is 4.57. The van der Waals surface area contributed by atoms with Crippen LogP contribution in [0.5, 0.6) is 5.75 Å². The molecule has 4 aromatic carbocycles. The molecular formula is C42H46O3Si. The van der Waals surface area contributed by atoms with Gasteiger partial charge in [-0.1, -0.05) is 143 Å². The van der Waals surface area contributed by atoms with E-state index in [2.05, 4.69) is 94.9 Å². The minimum Gasteiger partial charge on any atom is -0.497 e. The maximum Gasteiger partial charge on any atom is 0.193 e. The van der Waals surface area contributed by atoms with Gasteiger partial charge in [-0.15, -0.1) is 6.42 Å². The lowest BCUT2D eigenvalue weighted by Gasteiger charge is -2.42. The topological polar surface area (TPSA) is 27.7 Å². The Labute approximate surface area is 277 Å². The highest BCUT2D eigenvalue weighted by atomic mass is 28.4. The highest BCUT2D eigenvalue weighted by Gasteiger charge is 2.43. The first-order valence-electron chi connectivity index (χ1n) is 15.8. The van der Waals surface area contributed by atoms with Gasteiger partial charge < -0.3 is 13.9 Å². The molecule has 0 atom stereocenters. The van der Waals surface area contributed by atoms with Crippen molar-refractivity contribution in [3.8, 4) is 29.9 Å². The minimum absolute atomic E-state index is 0.103. The fourth-order valence-electron chi connectivity index (χ4n) is 5.24. The van der Waals surface area contributed by atoms with Crippen LogP contribution in [0.3, 0.4) is 0 Å². The molecule has 0 fully saturated rings. The zero-order valence-electron chi connectivity index (χ0n) is 28.3. The Morgan fingerprint density at radius 1 is 0.804 bits per heavy atom. The molecule has 0 aliphatic heterocycles. The summed E-state index contributed by atoms with van der Waals surface area (Å²) < 4.78 is 19.0. The minimum atomic E-state index is -2.06. The van der Waals surface area contributed by atoms with Crippen LogP contribution in [-0.4, -0.2) is 15.4 Å². The Morgan fingerprint density at radius 2 is 1.37 bits per heavy atom. The van der Waals surface area contributed by atoms with Crippen LogP contribution in [0, 0.1) is 30.1 Å². The molecule has 0 heterocycles. The van der Waals surface area contributed by atoms with Crippen LogP contribution in [0.4, 0.5) is 0 Å². The first-order valence-corrected chi connectivity index (χ1v) is 18.7. The molecule has 0 saturated heterocycles. The molecule has 0 spiro atoms. The van der Waals surface area contributed by atoms with Crippen molar-refractivity contribution in [2.45, 2.75) is 64.6 Å². The molecule has 0 aliphatic rings. The summed E-state index contributed by atoms with van der Waals surface area (Å²) in [6.07, 6.45) is 7.66. The maximum atomic E-state index is 6.90. The van der Waals surface area contributed by atoms with Crippen LogP contribution in [0.25, 0.3) is 5.57 Å². The molecular weight excluding hydrogens is 581 g/mol. The van der Waals surface area contributed by atoms with E-state index in [1.165, 1.54) is 0 Å². The quantitative estimate of drug-likeness (QED) is 0.116. The van der Waals surface area contributed by atoms with Crippen molar-refractivity contribution in [1.29, 1.82) is 0 Å². The molecule has 0 saturated carbocycles. The number of rotatable bonds is 12. The van der Waals surface area contributed by atoms with E-state index >= 15 is 0 Å². The molecule has 0 N–H and O–H groups in total. The van der Waals surface area contributed by atoms with Crippen LogP contribution in [-0.2, 0) is 28.0 Å². The van der Waals surface area contributed by atoms with Crippen molar-refractivity contribution in [2.75, 3.05) is 7.11 Å². The van der Waals surface area contributed by atoms with Crippen molar-refractivity contribution >= 4 is 13.9 Å². The number of benzene rings is 4. The molecule has 0 aromatic heterocycles. The van der Waals surface area contributed by atoms with E-state index in [-0.39, 0.29) is 5.04 Å². The van der Waals surface area contributed by atoms with Gasteiger partial charge in [0.2, 0.25) is 0 Å². The second kappa shape index (κ2) is 15.3. The van der Waals surface area contributed by atoms with Crippen LogP contribution >= 0.6 is 0 Å². The fourth-order valence-corrected chi connectivity index (χ4v) is 7.52. The largest absolute Gasteiger partial charge is 0.497 e. The molecule has 0 bridgehead atoms. The summed E-state index contributed by atoms with van der Waals surface area (Å²) in [5.74, 6) is 11.1. The Balaban J connectivity index is 1.80. The molecule has 0 amide bonds. The molecule has 4 aromatic rings. The van der Waals surface area contributed by atoms with Crippen LogP contribution in [0.15, 0.2) is 115 Å². The number of methoxy groups -OCH3 is 1. The zero-order chi connectivity index (χ0) is 33.2. The Kier molecular flexibility index (Phi) is 11.5. The van der Waals surface area contributed by atoms with Gasteiger partial charge in [0.25, 0.3) is 0 Å². The normalized spacial score (nSPS) is 12.3. The van der Waals surface area contributed by atoms with Gasteiger partial charge in [-0.3, -0.25) is 0 Å². The lowest BCUT2D eigenvalue weighted by Crippen LogP contribution is -2.45. The number of hydrogen-bond acceptors (Lipinski definition) is 3. The van der Waals surface area contributed by atoms with E-state index in [1.807, 2.05) is 72.8 Å². The van der Waals surface area contributed by atoms with Crippen molar-refractivity contribution in [3.05, 3.63) is 143 Å². The van der Waals surface area contributed by atoms with E-state index in [1.54, 1.807) is 13.2 Å². The number of hydrogen-bond donors (Lipinski definition) is 0. The van der Waals surface area contributed by atoms with Gasteiger partial charge in [0.05, 0.1) is 20.3 Å². The van der Waals surface area contributed by atoms with E-state index in [4.69, 9.17) is 20.3 Å². The summed E-state index contributed by atoms with van der Waals surface area (Å²) in [5, 5.41) is 0.103.